The Kier molecular flexibility index (Phi) is 4.46. The van der Waals surface area contributed by atoms with Gasteiger partial charge in [-0.1, -0.05) is 0 Å². The highest BCUT2D eigenvalue weighted by Gasteiger charge is 2.30. The van der Waals surface area contributed by atoms with E-state index in [-0.39, 0.29) is 39.6 Å². The average molecular weight is 418 g/mol. The van der Waals surface area contributed by atoms with Crippen molar-refractivity contribution < 1.29 is 23.1 Å². The molecular formula is C20H17F3N4O3. The first-order valence-electron chi connectivity index (χ1n) is 8.97. The van der Waals surface area contributed by atoms with Crippen molar-refractivity contribution in [1.82, 2.24) is 4.57 Å². The predicted octanol–water partition coefficient (Wildman–Crippen LogP) is 2.14. The van der Waals surface area contributed by atoms with Gasteiger partial charge in [0.15, 0.2) is 0 Å². The fourth-order valence-electron chi connectivity index (χ4n) is 3.80. The SMILES string of the molecule is Cc1c(N2CC(N)C2)c(F)cc2c(=O)c(C(=O)O)cn(-c3cc(N)c(F)cc3F)c12. The van der Waals surface area contributed by atoms with Gasteiger partial charge in [0.05, 0.1) is 28.0 Å². The lowest BCUT2D eigenvalue weighted by atomic mass is 10.0. The summed E-state index contributed by atoms with van der Waals surface area (Å²) >= 11 is 0. The number of nitrogen functional groups attached to an aromatic ring is 1. The molecule has 1 aliphatic heterocycles. The van der Waals surface area contributed by atoms with E-state index in [1.165, 1.54) is 6.92 Å². The molecule has 0 radical (unpaired) electrons. The van der Waals surface area contributed by atoms with Gasteiger partial charge in [-0.05, 0) is 19.1 Å². The zero-order chi connectivity index (χ0) is 21.9. The van der Waals surface area contributed by atoms with Crippen molar-refractivity contribution in [2.75, 3.05) is 23.7 Å². The lowest BCUT2D eigenvalue weighted by Gasteiger charge is -2.40. The summed E-state index contributed by atoms with van der Waals surface area (Å²) in [5.41, 5.74) is 9.65. The van der Waals surface area contributed by atoms with E-state index in [1.54, 1.807) is 4.90 Å². The minimum absolute atomic E-state index is 0.0896. The predicted molar refractivity (Wildman–Crippen MR) is 106 cm³/mol. The number of aromatic nitrogens is 1. The van der Waals surface area contributed by atoms with E-state index in [1.807, 2.05) is 0 Å². The van der Waals surface area contributed by atoms with Crippen LogP contribution < -0.4 is 21.8 Å². The van der Waals surface area contributed by atoms with E-state index in [2.05, 4.69) is 0 Å². The molecule has 0 unspecified atom stereocenters. The number of anilines is 2. The van der Waals surface area contributed by atoms with Crippen LogP contribution in [0.3, 0.4) is 0 Å². The van der Waals surface area contributed by atoms with E-state index >= 15 is 0 Å². The number of rotatable bonds is 3. The van der Waals surface area contributed by atoms with Crippen molar-refractivity contribution in [3.05, 3.63) is 63.2 Å². The van der Waals surface area contributed by atoms with E-state index in [4.69, 9.17) is 11.5 Å². The number of carboxylic acids is 1. The molecule has 10 heteroatoms. The quantitative estimate of drug-likeness (QED) is 0.562. The molecule has 1 fully saturated rings. The number of hydrogen-bond acceptors (Lipinski definition) is 5. The van der Waals surface area contributed by atoms with Crippen LogP contribution in [0.4, 0.5) is 24.5 Å². The summed E-state index contributed by atoms with van der Waals surface area (Å²) in [4.78, 5) is 26.0. The van der Waals surface area contributed by atoms with Crippen molar-refractivity contribution in [3.63, 3.8) is 0 Å². The summed E-state index contributed by atoms with van der Waals surface area (Å²) in [6, 6.07) is 2.34. The molecule has 0 atom stereocenters. The molecule has 1 aromatic heterocycles. The third kappa shape index (κ3) is 2.88. The van der Waals surface area contributed by atoms with Crippen LogP contribution in [0.25, 0.3) is 16.6 Å². The molecule has 0 bridgehead atoms. The van der Waals surface area contributed by atoms with Crippen LogP contribution in [-0.4, -0.2) is 34.8 Å². The minimum atomic E-state index is -1.57. The number of halogens is 3. The summed E-state index contributed by atoms with van der Waals surface area (Å²) in [5.74, 6) is -4.31. The normalized spacial score (nSPS) is 14.2. The van der Waals surface area contributed by atoms with Crippen LogP contribution >= 0.6 is 0 Å². The summed E-state index contributed by atoms with van der Waals surface area (Å²) in [5, 5.41) is 9.17. The van der Waals surface area contributed by atoms with Crippen molar-refractivity contribution in [3.8, 4) is 5.69 Å². The topological polar surface area (TPSA) is 115 Å². The second-order valence-electron chi connectivity index (χ2n) is 7.27. The van der Waals surface area contributed by atoms with E-state index in [0.717, 1.165) is 22.9 Å². The Bertz CT molecular complexity index is 1280. The molecule has 0 saturated carbocycles. The van der Waals surface area contributed by atoms with Crippen LogP contribution in [0.15, 0.2) is 29.2 Å². The molecule has 7 nitrogen and oxygen atoms in total. The Balaban J connectivity index is 2.14. The Labute approximate surface area is 167 Å². The second kappa shape index (κ2) is 6.77. The van der Waals surface area contributed by atoms with E-state index in [0.29, 0.717) is 19.2 Å². The molecule has 30 heavy (non-hydrogen) atoms. The molecule has 3 aromatic rings. The first-order valence-corrected chi connectivity index (χ1v) is 8.97. The number of carboxylic acid groups (broad SMARTS) is 1. The molecule has 2 heterocycles. The van der Waals surface area contributed by atoms with Gasteiger partial charge in [-0.3, -0.25) is 4.79 Å². The molecular weight excluding hydrogens is 401 g/mol. The second-order valence-corrected chi connectivity index (χ2v) is 7.27. The maximum atomic E-state index is 14.9. The smallest absolute Gasteiger partial charge is 0.341 e. The lowest BCUT2D eigenvalue weighted by molar-refractivity contribution is 0.0695. The van der Waals surface area contributed by atoms with E-state index < -0.39 is 34.4 Å². The van der Waals surface area contributed by atoms with Gasteiger partial charge in [-0.2, -0.15) is 0 Å². The summed E-state index contributed by atoms with van der Waals surface area (Å²) < 4.78 is 44.3. The number of hydrogen-bond donors (Lipinski definition) is 3. The maximum Gasteiger partial charge on any atom is 0.341 e. The highest BCUT2D eigenvalue weighted by Crippen LogP contribution is 2.35. The molecule has 0 aliphatic carbocycles. The maximum absolute atomic E-state index is 14.9. The van der Waals surface area contributed by atoms with Crippen molar-refractivity contribution >= 4 is 28.2 Å². The summed E-state index contributed by atoms with van der Waals surface area (Å²) in [7, 11) is 0. The number of carbonyl (C=O) groups is 1. The van der Waals surface area contributed by atoms with Crippen LogP contribution in [0.2, 0.25) is 0 Å². The molecule has 2 aromatic carbocycles. The zero-order valence-electron chi connectivity index (χ0n) is 15.7. The van der Waals surface area contributed by atoms with Gasteiger partial charge in [-0.25, -0.2) is 18.0 Å². The summed E-state index contributed by atoms with van der Waals surface area (Å²) in [6.07, 6.45) is 0.930. The molecule has 156 valence electrons. The third-order valence-electron chi connectivity index (χ3n) is 5.23. The fourth-order valence-corrected chi connectivity index (χ4v) is 3.80. The van der Waals surface area contributed by atoms with Gasteiger partial charge >= 0.3 is 5.97 Å². The number of benzene rings is 2. The standard InChI is InChI=1S/C20H17F3N4O3/c1-8-17-10(2-14(23)18(8)26-5-9(24)6-26)19(28)11(20(29)30)7-27(17)16-4-15(25)12(21)3-13(16)22/h2-4,7,9H,5-6,24-25H2,1H3,(H,29,30). The average Bonchev–Trinajstić information content (AvgIpc) is 2.64. The van der Waals surface area contributed by atoms with Gasteiger partial charge in [0, 0.05) is 37.0 Å². The van der Waals surface area contributed by atoms with Gasteiger partial charge in [0.25, 0.3) is 0 Å². The van der Waals surface area contributed by atoms with Gasteiger partial charge in [0.1, 0.15) is 23.0 Å². The number of aromatic carboxylic acids is 1. The number of nitrogens with zero attached hydrogens (tertiary/aromatic N) is 2. The van der Waals surface area contributed by atoms with Crippen molar-refractivity contribution in [1.29, 1.82) is 0 Å². The number of pyridine rings is 1. The van der Waals surface area contributed by atoms with Crippen LogP contribution in [0.5, 0.6) is 0 Å². The highest BCUT2D eigenvalue weighted by atomic mass is 19.1. The molecule has 1 saturated heterocycles. The number of aryl methyl sites for hydroxylation is 1. The van der Waals surface area contributed by atoms with Gasteiger partial charge in [-0.15, -0.1) is 0 Å². The Hall–Kier alpha value is -3.53. The monoisotopic (exact) mass is 418 g/mol. The largest absolute Gasteiger partial charge is 0.477 e. The van der Waals surface area contributed by atoms with Gasteiger partial charge in [0.2, 0.25) is 5.43 Å². The Morgan fingerprint density at radius 2 is 1.80 bits per heavy atom. The van der Waals surface area contributed by atoms with Crippen LogP contribution in [-0.2, 0) is 0 Å². The fraction of sp³-hybridized carbons (Fsp3) is 0.200. The first kappa shape index (κ1) is 19.8. The van der Waals surface area contributed by atoms with Crippen molar-refractivity contribution in [2.24, 2.45) is 5.73 Å². The number of nitrogens with two attached hydrogens (primary N) is 2. The van der Waals surface area contributed by atoms with Gasteiger partial charge < -0.3 is 26.0 Å². The molecule has 1 aliphatic rings. The van der Waals surface area contributed by atoms with Crippen LogP contribution in [0.1, 0.15) is 15.9 Å². The lowest BCUT2D eigenvalue weighted by Crippen LogP contribution is -2.56. The Morgan fingerprint density at radius 3 is 2.40 bits per heavy atom. The third-order valence-corrected chi connectivity index (χ3v) is 5.23. The van der Waals surface area contributed by atoms with E-state index in [9.17, 15) is 27.9 Å². The zero-order valence-corrected chi connectivity index (χ0v) is 15.7. The molecule has 0 amide bonds. The minimum Gasteiger partial charge on any atom is -0.477 e. The van der Waals surface area contributed by atoms with Crippen molar-refractivity contribution in [2.45, 2.75) is 13.0 Å². The summed E-state index contributed by atoms with van der Waals surface area (Å²) in [6.45, 7) is 2.31. The van der Waals surface area contributed by atoms with Crippen LogP contribution in [0, 0.1) is 24.4 Å². The highest BCUT2D eigenvalue weighted by molar-refractivity contribution is 5.96. The molecule has 0 spiro atoms. The molecule has 5 N–H and O–H groups in total. The number of fused-ring (bicyclic) bond motifs is 1. The Morgan fingerprint density at radius 1 is 1.13 bits per heavy atom. The first-order chi connectivity index (χ1) is 14.1. The molecule has 4 rings (SSSR count).